The number of hydrogen-bond acceptors (Lipinski definition) is 3. The van der Waals surface area contributed by atoms with Crippen LogP contribution >= 0.6 is 27.7 Å². The van der Waals surface area contributed by atoms with Crippen LogP contribution in [-0.2, 0) is 0 Å². The molecule has 4 heteroatoms. The molecule has 2 aromatic rings. The van der Waals surface area contributed by atoms with E-state index < -0.39 is 0 Å². The summed E-state index contributed by atoms with van der Waals surface area (Å²) >= 11 is 5.35. The summed E-state index contributed by atoms with van der Waals surface area (Å²) < 4.78 is 1.12. The van der Waals surface area contributed by atoms with Crippen molar-refractivity contribution in [2.24, 2.45) is 0 Å². The van der Waals surface area contributed by atoms with E-state index >= 15 is 0 Å². The molecule has 0 spiro atoms. The van der Waals surface area contributed by atoms with Gasteiger partial charge in [-0.15, -0.1) is 11.8 Å². The molecule has 1 aromatic heterocycles. The monoisotopic (exact) mass is 364 g/mol. The van der Waals surface area contributed by atoms with Crippen molar-refractivity contribution in [2.45, 2.75) is 31.2 Å². The Morgan fingerprint density at radius 1 is 1.24 bits per heavy atom. The summed E-state index contributed by atoms with van der Waals surface area (Å²) in [5.41, 5.74) is 2.48. The van der Waals surface area contributed by atoms with Gasteiger partial charge in [-0.3, -0.25) is 4.98 Å². The summed E-state index contributed by atoms with van der Waals surface area (Å²) in [4.78, 5) is 5.62. The molecule has 0 radical (unpaired) electrons. The lowest BCUT2D eigenvalue weighted by Crippen LogP contribution is -2.24. The SMILES string of the molecule is CCCNC(CSc1ccc(Br)cc1)c1cncc(C)c1. The van der Waals surface area contributed by atoms with Crippen LogP contribution in [0.2, 0.25) is 0 Å². The zero-order valence-electron chi connectivity index (χ0n) is 12.5. The molecule has 2 nitrogen and oxygen atoms in total. The number of hydrogen-bond donors (Lipinski definition) is 1. The van der Waals surface area contributed by atoms with Gasteiger partial charge in [0, 0.05) is 33.6 Å². The average Bonchev–Trinajstić information content (AvgIpc) is 2.49. The summed E-state index contributed by atoms with van der Waals surface area (Å²) in [5.74, 6) is 1.01. The third kappa shape index (κ3) is 5.46. The number of aromatic nitrogens is 1. The molecule has 21 heavy (non-hydrogen) atoms. The Kier molecular flexibility index (Phi) is 6.74. The number of nitrogens with zero attached hydrogens (tertiary/aromatic N) is 1. The van der Waals surface area contributed by atoms with Gasteiger partial charge >= 0.3 is 0 Å². The molecule has 112 valence electrons. The first-order chi connectivity index (χ1) is 10.2. The zero-order chi connectivity index (χ0) is 15.1. The van der Waals surface area contributed by atoms with Gasteiger partial charge in [-0.2, -0.15) is 0 Å². The van der Waals surface area contributed by atoms with Crippen molar-refractivity contribution in [1.82, 2.24) is 10.3 Å². The van der Waals surface area contributed by atoms with Crippen LogP contribution in [0.15, 0.2) is 52.1 Å². The van der Waals surface area contributed by atoms with Gasteiger partial charge in [0.2, 0.25) is 0 Å². The van der Waals surface area contributed by atoms with E-state index in [1.54, 1.807) is 0 Å². The van der Waals surface area contributed by atoms with Crippen molar-refractivity contribution in [3.05, 3.63) is 58.3 Å². The molecular weight excluding hydrogens is 344 g/mol. The van der Waals surface area contributed by atoms with Crippen LogP contribution < -0.4 is 5.32 Å². The second-order valence-electron chi connectivity index (χ2n) is 5.07. The number of benzene rings is 1. The van der Waals surface area contributed by atoms with Gasteiger partial charge < -0.3 is 5.32 Å². The van der Waals surface area contributed by atoms with Gasteiger partial charge in [0.1, 0.15) is 0 Å². The first-order valence-corrected chi connectivity index (χ1v) is 9.00. The maximum absolute atomic E-state index is 4.32. The number of rotatable bonds is 7. The van der Waals surface area contributed by atoms with Gasteiger partial charge in [0.25, 0.3) is 0 Å². The molecule has 0 saturated carbocycles. The quantitative estimate of drug-likeness (QED) is 0.700. The normalized spacial score (nSPS) is 12.3. The Hall–Kier alpha value is -0.840. The number of thioether (sulfide) groups is 1. The third-order valence-corrected chi connectivity index (χ3v) is 4.80. The molecule has 1 heterocycles. The molecule has 2 rings (SSSR count). The molecule has 0 amide bonds. The Labute approximate surface area is 139 Å². The van der Waals surface area contributed by atoms with Gasteiger partial charge in [-0.1, -0.05) is 28.9 Å². The van der Waals surface area contributed by atoms with E-state index in [0.717, 1.165) is 23.2 Å². The largest absolute Gasteiger partial charge is 0.309 e. The molecule has 0 aliphatic heterocycles. The van der Waals surface area contributed by atoms with Crippen LogP contribution in [0.25, 0.3) is 0 Å². The number of pyridine rings is 1. The van der Waals surface area contributed by atoms with Gasteiger partial charge in [-0.05, 0) is 55.3 Å². The van der Waals surface area contributed by atoms with Gasteiger partial charge in [0.15, 0.2) is 0 Å². The highest BCUT2D eigenvalue weighted by Crippen LogP contribution is 2.26. The molecule has 1 aromatic carbocycles. The van der Waals surface area contributed by atoms with Crippen LogP contribution in [0.4, 0.5) is 0 Å². The van der Waals surface area contributed by atoms with Crippen molar-refractivity contribution in [3.8, 4) is 0 Å². The fraction of sp³-hybridized carbons (Fsp3) is 0.353. The van der Waals surface area contributed by atoms with E-state index in [1.165, 1.54) is 16.0 Å². The van der Waals surface area contributed by atoms with Crippen molar-refractivity contribution in [3.63, 3.8) is 0 Å². The van der Waals surface area contributed by atoms with E-state index in [1.807, 2.05) is 24.2 Å². The first kappa shape index (κ1) is 16.5. The van der Waals surface area contributed by atoms with E-state index in [0.29, 0.717) is 6.04 Å². The summed E-state index contributed by atoms with van der Waals surface area (Å²) in [7, 11) is 0. The topological polar surface area (TPSA) is 24.9 Å². The van der Waals surface area contributed by atoms with Crippen LogP contribution in [0, 0.1) is 6.92 Å². The first-order valence-electron chi connectivity index (χ1n) is 7.22. The molecule has 0 fully saturated rings. The van der Waals surface area contributed by atoms with Crippen molar-refractivity contribution in [1.29, 1.82) is 0 Å². The summed E-state index contributed by atoms with van der Waals surface area (Å²) in [5, 5.41) is 3.62. The Bertz CT molecular complexity index is 557. The minimum atomic E-state index is 0.339. The Morgan fingerprint density at radius 2 is 2.00 bits per heavy atom. The predicted molar refractivity (Wildman–Crippen MR) is 94.9 cm³/mol. The smallest absolute Gasteiger partial charge is 0.0430 e. The van der Waals surface area contributed by atoms with E-state index in [9.17, 15) is 0 Å². The van der Waals surface area contributed by atoms with Crippen molar-refractivity contribution >= 4 is 27.7 Å². The van der Waals surface area contributed by atoms with Crippen LogP contribution in [0.3, 0.4) is 0 Å². The highest BCUT2D eigenvalue weighted by atomic mass is 79.9. The third-order valence-electron chi connectivity index (χ3n) is 3.17. The fourth-order valence-corrected chi connectivity index (χ4v) is 3.33. The second kappa shape index (κ2) is 8.57. The van der Waals surface area contributed by atoms with Crippen LogP contribution in [0.5, 0.6) is 0 Å². The standard InChI is InChI=1S/C17H21BrN2S/c1-3-8-20-17(14-9-13(2)10-19-11-14)12-21-16-6-4-15(18)5-7-16/h4-7,9-11,17,20H,3,8,12H2,1-2H3. The molecule has 1 atom stereocenters. The van der Waals surface area contributed by atoms with E-state index in [4.69, 9.17) is 0 Å². The fourth-order valence-electron chi connectivity index (χ4n) is 2.07. The number of aryl methyl sites for hydroxylation is 1. The lowest BCUT2D eigenvalue weighted by atomic mass is 10.1. The Balaban J connectivity index is 2.04. The molecule has 1 N–H and O–H groups in total. The molecule has 0 aliphatic carbocycles. The van der Waals surface area contributed by atoms with E-state index in [-0.39, 0.29) is 0 Å². The number of halogens is 1. The highest BCUT2D eigenvalue weighted by molar-refractivity contribution is 9.10. The minimum absolute atomic E-state index is 0.339. The maximum atomic E-state index is 4.32. The van der Waals surface area contributed by atoms with Crippen LogP contribution in [-0.4, -0.2) is 17.3 Å². The molecular formula is C17H21BrN2S. The summed E-state index contributed by atoms with van der Waals surface area (Å²) in [6, 6.07) is 11.0. The highest BCUT2D eigenvalue weighted by Gasteiger charge is 2.12. The predicted octanol–water partition coefficient (Wildman–Crippen LogP) is 4.99. The summed E-state index contributed by atoms with van der Waals surface area (Å²) in [6.45, 7) is 5.31. The van der Waals surface area contributed by atoms with E-state index in [2.05, 4.69) is 70.4 Å². The second-order valence-corrected chi connectivity index (χ2v) is 7.08. The maximum Gasteiger partial charge on any atom is 0.0430 e. The van der Waals surface area contributed by atoms with Crippen molar-refractivity contribution < 1.29 is 0 Å². The minimum Gasteiger partial charge on any atom is -0.309 e. The molecule has 1 unspecified atom stereocenters. The molecule has 0 bridgehead atoms. The zero-order valence-corrected chi connectivity index (χ0v) is 14.9. The van der Waals surface area contributed by atoms with Crippen molar-refractivity contribution in [2.75, 3.05) is 12.3 Å². The lowest BCUT2D eigenvalue weighted by Gasteiger charge is -2.19. The Morgan fingerprint density at radius 3 is 2.67 bits per heavy atom. The number of nitrogens with one attached hydrogen (secondary N) is 1. The average molecular weight is 365 g/mol. The lowest BCUT2D eigenvalue weighted by molar-refractivity contribution is 0.575. The summed E-state index contributed by atoms with van der Waals surface area (Å²) in [6.07, 6.45) is 5.02. The molecule has 0 saturated heterocycles. The van der Waals surface area contributed by atoms with Gasteiger partial charge in [-0.25, -0.2) is 0 Å². The van der Waals surface area contributed by atoms with Gasteiger partial charge in [0.05, 0.1) is 0 Å². The van der Waals surface area contributed by atoms with Crippen LogP contribution in [0.1, 0.15) is 30.5 Å². The molecule has 0 aliphatic rings.